The Morgan fingerprint density at radius 2 is 1.54 bits per heavy atom. The normalized spacial score (nSPS) is 11.1. The molecule has 0 aliphatic carbocycles. The molecular formula is C26H24O2. The maximum atomic E-state index is 12.2. The van der Waals surface area contributed by atoms with Crippen LogP contribution in [0.25, 0.3) is 22.1 Å². The van der Waals surface area contributed by atoms with Crippen molar-refractivity contribution in [3.05, 3.63) is 105 Å². The molecule has 4 aromatic rings. The van der Waals surface area contributed by atoms with Gasteiger partial charge in [-0.25, -0.2) is 4.79 Å². The maximum absolute atomic E-state index is 12.2. The van der Waals surface area contributed by atoms with Crippen molar-refractivity contribution in [1.29, 1.82) is 0 Å². The lowest BCUT2D eigenvalue weighted by Crippen LogP contribution is -2.03. The van der Waals surface area contributed by atoms with Gasteiger partial charge in [-0.05, 0) is 67.5 Å². The molecule has 3 aromatic carbocycles. The van der Waals surface area contributed by atoms with Crippen LogP contribution in [0.15, 0.2) is 75.9 Å². The van der Waals surface area contributed by atoms with E-state index in [-0.39, 0.29) is 5.63 Å². The molecule has 0 atom stereocenters. The van der Waals surface area contributed by atoms with Crippen LogP contribution in [0.5, 0.6) is 0 Å². The molecule has 0 aliphatic rings. The molecule has 0 saturated heterocycles. The van der Waals surface area contributed by atoms with Crippen molar-refractivity contribution in [1.82, 2.24) is 0 Å². The second kappa shape index (κ2) is 7.47. The summed E-state index contributed by atoms with van der Waals surface area (Å²) in [6.07, 6.45) is 1.95. The van der Waals surface area contributed by atoms with Gasteiger partial charge in [-0.15, -0.1) is 0 Å². The summed E-state index contributed by atoms with van der Waals surface area (Å²) in [5.41, 5.74) is 8.67. The molecule has 1 aromatic heterocycles. The van der Waals surface area contributed by atoms with Gasteiger partial charge in [0.05, 0.1) is 0 Å². The number of hydrogen-bond acceptors (Lipinski definition) is 2. The number of benzene rings is 3. The van der Waals surface area contributed by atoms with Crippen LogP contribution in [-0.2, 0) is 12.8 Å². The van der Waals surface area contributed by atoms with Crippen LogP contribution in [0.4, 0.5) is 0 Å². The van der Waals surface area contributed by atoms with E-state index in [2.05, 4.69) is 45.0 Å². The zero-order valence-electron chi connectivity index (χ0n) is 16.6. The highest BCUT2D eigenvalue weighted by atomic mass is 16.4. The third kappa shape index (κ3) is 3.50. The van der Waals surface area contributed by atoms with Gasteiger partial charge in [0.25, 0.3) is 0 Å². The summed E-state index contributed by atoms with van der Waals surface area (Å²) in [5.74, 6) is 0. The van der Waals surface area contributed by atoms with Gasteiger partial charge in [-0.2, -0.15) is 0 Å². The molecule has 0 fully saturated rings. The van der Waals surface area contributed by atoms with Crippen LogP contribution in [0.1, 0.15) is 27.8 Å². The van der Waals surface area contributed by atoms with Gasteiger partial charge in [-0.1, -0.05) is 60.2 Å². The first-order valence-corrected chi connectivity index (χ1v) is 9.71. The van der Waals surface area contributed by atoms with Gasteiger partial charge in [-0.3, -0.25) is 0 Å². The molecular weight excluding hydrogens is 344 g/mol. The average molecular weight is 368 g/mol. The molecule has 1 heterocycles. The lowest BCUT2D eigenvalue weighted by molar-refractivity contribution is 0.561. The average Bonchev–Trinajstić information content (AvgIpc) is 2.69. The molecule has 0 radical (unpaired) electrons. The number of fused-ring (bicyclic) bond motifs is 1. The molecule has 2 nitrogen and oxygen atoms in total. The first kappa shape index (κ1) is 18.2. The fraction of sp³-hybridized carbons (Fsp3) is 0.192. The van der Waals surface area contributed by atoms with E-state index in [0.29, 0.717) is 5.58 Å². The van der Waals surface area contributed by atoms with Crippen molar-refractivity contribution >= 4 is 11.0 Å². The maximum Gasteiger partial charge on any atom is 0.336 e. The third-order valence-electron chi connectivity index (χ3n) is 5.51. The van der Waals surface area contributed by atoms with Crippen LogP contribution in [0.2, 0.25) is 0 Å². The highest BCUT2D eigenvalue weighted by molar-refractivity contribution is 5.96. The zero-order valence-corrected chi connectivity index (χ0v) is 16.6. The van der Waals surface area contributed by atoms with Crippen LogP contribution in [-0.4, -0.2) is 0 Å². The minimum absolute atomic E-state index is 0.308. The van der Waals surface area contributed by atoms with E-state index in [4.69, 9.17) is 4.42 Å². The van der Waals surface area contributed by atoms with Gasteiger partial charge in [0.15, 0.2) is 0 Å². The molecule has 0 amide bonds. The predicted octanol–water partition coefficient (Wildman–Crippen LogP) is 6.17. The van der Waals surface area contributed by atoms with E-state index in [1.54, 1.807) is 6.07 Å². The van der Waals surface area contributed by atoms with E-state index in [1.807, 2.05) is 36.4 Å². The molecule has 0 N–H and O–H groups in total. The summed E-state index contributed by atoms with van der Waals surface area (Å²) in [5, 5.41) is 1.04. The van der Waals surface area contributed by atoms with Crippen molar-refractivity contribution in [2.75, 3.05) is 0 Å². The van der Waals surface area contributed by atoms with Crippen LogP contribution in [0.3, 0.4) is 0 Å². The fourth-order valence-corrected chi connectivity index (χ4v) is 3.98. The molecule has 0 saturated carbocycles. The summed E-state index contributed by atoms with van der Waals surface area (Å²) in [6, 6.07) is 22.4. The van der Waals surface area contributed by atoms with Crippen molar-refractivity contribution in [3.63, 3.8) is 0 Å². The largest absolute Gasteiger partial charge is 0.423 e. The minimum Gasteiger partial charge on any atom is -0.423 e. The lowest BCUT2D eigenvalue weighted by Gasteiger charge is -2.15. The number of rotatable bonds is 4. The van der Waals surface area contributed by atoms with Gasteiger partial charge in [0.1, 0.15) is 5.58 Å². The first-order chi connectivity index (χ1) is 13.5. The smallest absolute Gasteiger partial charge is 0.336 e. The second-order valence-electron chi connectivity index (χ2n) is 7.50. The zero-order chi connectivity index (χ0) is 19.7. The monoisotopic (exact) mass is 368 g/mol. The van der Waals surface area contributed by atoms with E-state index in [1.165, 1.54) is 27.8 Å². The summed E-state index contributed by atoms with van der Waals surface area (Å²) in [7, 11) is 0. The van der Waals surface area contributed by atoms with Gasteiger partial charge in [0.2, 0.25) is 0 Å². The van der Waals surface area contributed by atoms with Crippen LogP contribution >= 0.6 is 0 Å². The highest BCUT2D eigenvalue weighted by Gasteiger charge is 2.15. The van der Waals surface area contributed by atoms with Gasteiger partial charge < -0.3 is 4.42 Å². The molecule has 0 unspecified atom stereocenters. The van der Waals surface area contributed by atoms with Crippen molar-refractivity contribution in [2.45, 2.75) is 33.6 Å². The number of hydrogen-bond donors (Lipinski definition) is 0. The summed E-state index contributed by atoms with van der Waals surface area (Å²) < 4.78 is 5.56. The molecule has 0 bridgehead atoms. The lowest BCUT2D eigenvalue weighted by atomic mass is 9.90. The fourth-order valence-electron chi connectivity index (χ4n) is 3.98. The minimum atomic E-state index is -0.308. The Morgan fingerprint density at radius 3 is 2.25 bits per heavy atom. The Morgan fingerprint density at radius 1 is 0.821 bits per heavy atom. The summed E-state index contributed by atoms with van der Waals surface area (Å²) >= 11 is 0. The molecule has 28 heavy (non-hydrogen) atoms. The van der Waals surface area contributed by atoms with Gasteiger partial charge >= 0.3 is 5.63 Å². The molecule has 2 heteroatoms. The Bertz CT molecular complexity index is 1180. The Kier molecular flexibility index (Phi) is 4.87. The molecule has 140 valence electrons. The topological polar surface area (TPSA) is 30.2 Å². The predicted molar refractivity (Wildman–Crippen MR) is 116 cm³/mol. The third-order valence-corrected chi connectivity index (χ3v) is 5.51. The quantitative estimate of drug-likeness (QED) is 0.403. The highest BCUT2D eigenvalue weighted by Crippen LogP contribution is 2.33. The van der Waals surface area contributed by atoms with Crippen molar-refractivity contribution < 1.29 is 4.42 Å². The summed E-state index contributed by atoms with van der Waals surface area (Å²) in [6.45, 7) is 6.36. The van der Waals surface area contributed by atoms with Gasteiger partial charge in [0, 0.05) is 17.0 Å². The SMILES string of the molecule is Cc1ccc(CCc2c(C)cc3oc(=O)cc(-c4ccccc4)c3c2C)cc1. The van der Waals surface area contributed by atoms with E-state index < -0.39 is 0 Å². The van der Waals surface area contributed by atoms with Crippen LogP contribution < -0.4 is 5.63 Å². The molecule has 0 aliphatic heterocycles. The standard InChI is InChI=1S/C26H24O2/c1-17-9-11-20(12-10-17)13-14-22-18(2)15-24-26(19(22)3)23(16-25(27)28-24)21-7-5-4-6-8-21/h4-12,15-16H,13-14H2,1-3H3. The van der Waals surface area contributed by atoms with Crippen LogP contribution in [0, 0.1) is 20.8 Å². The first-order valence-electron chi connectivity index (χ1n) is 9.71. The van der Waals surface area contributed by atoms with E-state index >= 15 is 0 Å². The molecule has 0 spiro atoms. The van der Waals surface area contributed by atoms with Crippen molar-refractivity contribution in [3.8, 4) is 11.1 Å². The molecule has 4 rings (SSSR count). The van der Waals surface area contributed by atoms with E-state index in [0.717, 1.165) is 29.4 Å². The van der Waals surface area contributed by atoms with E-state index in [9.17, 15) is 4.79 Å². The number of aryl methyl sites for hydroxylation is 4. The Hall–Kier alpha value is -3.13. The second-order valence-corrected chi connectivity index (χ2v) is 7.50. The Balaban J connectivity index is 1.83. The Labute approximate surface area is 165 Å². The van der Waals surface area contributed by atoms with Crippen molar-refractivity contribution in [2.24, 2.45) is 0 Å². The summed E-state index contributed by atoms with van der Waals surface area (Å²) in [4.78, 5) is 12.2.